The molecule has 5 heteroatoms. The van der Waals surface area contributed by atoms with Gasteiger partial charge in [0.2, 0.25) is 0 Å². The predicted molar refractivity (Wildman–Crippen MR) is 87.4 cm³/mol. The molecule has 2 aromatic carbocycles. The van der Waals surface area contributed by atoms with Crippen LogP contribution < -0.4 is 0 Å². The summed E-state index contributed by atoms with van der Waals surface area (Å²) in [5, 5.41) is 10.4. The van der Waals surface area contributed by atoms with Crippen molar-refractivity contribution in [1.29, 1.82) is 0 Å². The molecular formula is C19H21F2NO2. The Morgan fingerprint density at radius 2 is 1.92 bits per heavy atom. The van der Waals surface area contributed by atoms with E-state index in [1.165, 1.54) is 6.07 Å². The minimum absolute atomic E-state index is 0.0448. The molecule has 1 saturated heterocycles. The summed E-state index contributed by atoms with van der Waals surface area (Å²) in [4.78, 5) is 2.05. The van der Waals surface area contributed by atoms with Crippen LogP contribution in [0.25, 0.3) is 0 Å². The third-order valence-electron chi connectivity index (χ3n) is 4.43. The average Bonchev–Trinajstić information content (AvgIpc) is 2.61. The summed E-state index contributed by atoms with van der Waals surface area (Å²) < 4.78 is 32.9. The van der Waals surface area contributed by atoms with Crippen molar-refractivity contribution in [3.8, 4) is 0 Å². The summed E-state index contributed by atoms with van der Waals surface area (Å²) in [5.74, 6) is -1.63. The minimum atomic E-state index is -0.832. The van der Waals surface area contributed by atoms with E-state index >= 15 is 0 Å². The van der Waals surface area contributed by atoms with E-state index in [-0.39, 0.29) is 6.04 Å². The summed E-state index contributed by atoms with van der Waals surface area (Å²) in [6.45, 7) is 1.96. The third-order valence-corrected chi connectivity index (χ3v) is 4.43. The third kappa shape index (κ3) is 3.98. The second kappa shape index (κ2) is 7.83. The van der Waals surface area contributed by atoms with Crippen LogP contribution in [0, 0.1) is 11.6 Å². The van der Waals surface area contributed by atoms with Gasteiger partial charge in [0.1, 0.15) is 0 Å². The van der Waals surface area contributed by atoms with E-state index in [4.69, 9.17) is 4.74 Å². The highest BCUT2D eigenvalue weighted by molar-refractivity contribution is 5.20. The molecule has 3 nitrogen and oxygen atoms in total. The Morgan fingerprint density at radius 1 is 1.12 bits per heavy atom. The summed E-state index contributed by atoms with van der Waals surface area (Å²) in [6, 6.07) is 13.6. The van der Waals surface area contributed by atoms with Crippen LogP contribution in [0.2, 0.25) is 0 Å². The lowest BCUT2D eigenvalue weighted by Crippen LogP contribution is -2.45. The zero-order valence-corrected chi connectivity index (χ0v) is 13.4. The minimum Gasteiger partial charge on any atom is -0.388 e. The molecule has 1 aliphatic heterocycles. The SMILES string of the molecule is OC(CC1COCCN1Cc1cccc(F)c1F)c1ccccc1. The first-order valence-corrected chi connectivity index (χ1v) is 8.13. The normalized spacial score (nSPS) is 20.0. The Hall–Kier alpha value is -1.82. The fourth-order valence-corrected chi connectivity index (χ4v) is 3.07. The lowest BCUT2D eigenvalue weighted by Gasteiger charge is -2.36. The van der Waals surface area contributed by atoms with E-state index in [0.717, 1.165) is 11.6 Å². The number of hydrogen-bond acceptors (Lipinski definition) is 3. The van der Waals surface area contributed by atoms with Crippen LogP contribution in [-0.4, -0.2) is 35.8 Å². The van der Waals surface area contributed by atoms with Gasteiger partial charge in [-0.05, 0) is 18.1 Å². The van der Waals surface area contributed by atoms with Gasteiger partial charge in [0.05, 0.1) is 19.3 Å². The van der Waals surface area contributed by atoms with Gasteiger partial charge in [-0.3, -0.25) is 4.90 Å². The lowest BCUT2D eigenvalue weighted by atomic mass is 10.00. The number of aliphatic hydroxyl groups is 1. The quantitative estimate of drug-likeness (QED) is 0.911. The van der Waals surface area contributed by atoms with Crippen LogP contribution in [0.1, 0.15) is 23.7 Å². The molecule has 1 fully saturated rings. The van der Waals surface area contributed by atoms with E-state index in [1.807, 2.05) is 35.2 Å². The number of aliphatic hydroxyl groups excluding tert-OH is 1. The molecule has 2 atom stereocenters. The maximum Gasteiger partial charge on any atom is 0.163 e. The zero-order chi connectivity index (χ0) is 16.9. The van der Waals surface area contributed by atoms with Crippen molar-refractivity contribution in [3.63, 3.8) is 0 Å². The molecular weight excluding hydrogens is 312 g/mol. The second-order valence-corrected chi connectivity index (χ2v) is 6.07. The van der Waals surface area contributed by atoms with Crippen LogP contribution in [0.3, 0.4) is 0 Å². The van der Waals surface area contributed by atoms with Crippen LogP contribution in [0.5, 0.6) is 0 Å². The Balaban J connectivity index is 1.70. The molecule has 0 bridgehead atoms. The molecule has 0 aliphatic carbocycles. The predicted octanol–water partition coefficient (Wildman–Crippen LogP) is 3.29. The van der Waals surface area contributed by atoms with Gasteiger partial charge in [-0.1, -0.05) is 42.5 Å². The maximum absolute atomic E-state index is 13.9. The molecule has 2 aromatic rings. The molecule has 0 aromatic heterocycles. The van der Waals surface area contributed by atoms with Gasteiger partial charge in [-0.15, -0.1) is 0 Å². The number of halogens is 2. The first kappa shape index (κ1) is 17.0. The number of ether oxygens (including phenoxy) is 1. The second-order valence-electron chi connectivity index (χ2n) is 6.07. The first-order valence-electron chi connectivity index (χ1n) is 8.13. The van der Waals surface area contributed by atoms with Gasteiger partial charge in [-0.25, -0.2) is 8.78 Å². The molecule has 0 saturated carbocycles. The molecule has 24 heavy (non-hydrogen) atoms. The van der Waals surface area contributed by atoms with E-state index in [2.05, 4.69) is 0 Å². The molecule has 0 radical (unpaired) electrons. The van der Waals surface area contributed by atoms with Crippen LogP contribution in [-0.2, 0) is 11.3 Å². The topological polar surface area (TPSA) is 32.7 Å². The van der Waals surface area contributed by atoms with Crippen molar-refractivity contribution in [2.45, 2.75) is 25.1 Å². The molecule has 1 heterocycles. The maximum atomic E-state index is 13.9. The molecule has 1 N–H and O–H groups in total. The van der Waals surface area contributed by atoms with E-state index < -0.39 is 17.7 Å². The fourth-order valence-electron chi connectivity index (χ4n) is 3.07. The summed E-state index contributed by atoms with van der Waals surface area (Å²) >= 11 is 0. The highest BCUT2D eigenvalue weighted by Gasteiger charge is 2.27. The van der Waals surface area contributed by atoms with Crippen molar-refractivity contribution in [2.24, 2.45) is 0 Å². The lowest BCUT2D eigenvalue weighted by molar-refractivity contribution is -0.0304. The Kier molecular flexibility index (Phi) is 5.56. The van der Waals surface area contributed by atoms with Gasteiger partial charge < -0.3 is 9.84 Å². The number of benzene rings is 2. The summed E-state index contributed by atoms with van der Waals surface area (Å²) in [7, 11) is 0. The number of rotatable bonds is 5. The van der Waals surface area contributed by atoms with Crippen molar-refractivity contribution >= 4 is 0 Å². The van der Waals surface area contributed by atoms with Gasteiger partial charge in [0.25, 0.3) is 0 Å². The van der Waals surface area contributed by atoms with Crippen molar-refractivity contribution < 1.29 is 18.6 Å². The Labute approximate surface area is 140 Å². The molecule has 2 unspecified atom stereocenters. The zero-order valence-electron chi connectivity index (χ0n) is 13.4. The molecule has 0 spiro atoms. The first-order chi connectivity index (χ1) is 11.6. The largest absolute Gasteiger partial charge is 0.388 e. The smallest absolute Gasteiger partial charge is 0.163 e. The summed E-state index contributed by atoms with van der Waals surface area (Å²) in [6.07, 6.45) is -0.126. The Morgan fingerprint density at radius 3 is 2.71 bits per heavy atom. The molecule has 3 rings (SSSR count). The van der Waals surface area contributed by atoms with Crippen LogP contribution in [0.4, 0.5) is 8.78 Å². The van der Waals surface area contributed by atoms with Crippen LogP contribution >= 0.6 is 0 Å². The highest BCUT2D eigenvalue weighted by atomic mass is 19.2. The van der Waals surface area contributed by atoms with Gasteiger partial charge >= 0.3 is 0 Å². The standard InChI is InChI=1S/C19H21F2NO2/c20-17-8-4-7-15(19(17)21)12-22-9-10-24-13-16(22)11-18(23)14-5-2-1-3-6-14/h1-8,16,18,23H,9-13H2. The molecule has 0 amide bonds. The van der Waals surface area contributed by atoms with Crippen molar-refractivity contribution in [3.05, 3.63) is 71.3 Å². The number of nitrogens with zero attached hydrogens (tertiary/aromatic N) is 1. The fraction of sp³-hybridized carbons (Fsp3) is 0.368. The van der Waals surface area contributed by atoms with Gasteiger partial charge in [0, 0.05) is 24.7 Å². The van der Waals surface area contributed by atoms with Crippen molar-refractivity contribution in [1.82, 2.24) is 4.90 Å². The van der Waals surface area contributed by atoms with E-state index in [0.29, 0.717) is 38.3 Å². The highest BCUT2D eigenvalue weighted by Crippen LogP contribution is 2.24. The average molecular weight is 333 g/mol. The number of morpholine rings is 1. The van der Waals surface area contributed by atoms with Crippen LogP contribution in [0.15, 0.2) is 48.5 Å². The molecule has 1 aliphatic rings. The van der Waals surface area contributed by atoms with Gasteiger partial charge in [0.15, 0.2) is 11.6 Å². The van der Waals surface area contributed by atoms with E-state index in [1.54, 1.807) is 6.07 Å². The molecule has 128 valence electrons. The van der Waals surface area contributed by atoms with Gasteiger partial charge in [-0.2, -0.15) is 0 Å². The Bertz CT molecular complexity index is 666. The summed E-state index contributed by atoms with van der Waals surface area (Å²) in [5.41, 5.74) is 1.18. The van der Waals surface area contributed by atoms with E-state index in [9.17, 15) is 13.9 Å². The number of hydrogen-bond donors (Lipinski definition) is 1. The van der Waals surface area contributed by atoms with Crippen molar-refractivity contribution in [2.75, 3.05) is 19.8 Å². The monoisotopic (exact) mass is 333 g/mol.